The minimum atomic E-state index is -0.355. The van der Waals surface area contributed by atoms with Crippen LogP contribution in [0.3, 0.4) is 0 Å². The Hall–Kier alpha value is -3.54. The number of nitrogens with one attached hydrogen (secondary N) is 1. The molecule has 0 saturated heterocycles. The van der Waals surface area contributed by atoms with Gasteiger partial charge >= 0.3 is 0 Å². The third kappa shape index (κ3) is 3.84. The van der Waals surface area contributed by atoms with Crippen LogP contribution in [0.1, 0.15) is 15.9 Å². The maximum absolute atomic E-state index is 12.4. The van der Waals surface area contributed by atoms with Gasteiger partial charge in [0.15, 0.2) is 11.5 Å². The Morgan fingerprint density at radius 1 is 0.889 bits per heavy atom. The summed E-state index contributed by atoms with van der Waals surface area (Å²) in [6, 6.07) is 16.7. The molecule has 6 nitrogen and oxygen atoms in total. The van der Waals surface area contributed by atoms with Crippen molar-refractivity contribution >= 4 is 22.9 Å². The molecule has 3 rings (SSSR count). The van der Waals surface area contributed by atoms with Crippen molar-refractivity contribution < 1.29 is 19.0 Å². The summed E-state index contributed by atoms with van der Waals surface area (Å²) in [6.07, 6.45) is 1.58. The zero-order chi connectivity index (χ0) is 19.2. The molecule has 0 atom stereocenters. The number of rotatable bonds is 6. The van der Waals surface area contributed by atoms with Crippen LogP contribution in [0.25, 0.3) is 10.8 Å². The molecular weight excluding hydrogens is 344 g/mol. The molecule has 0 spiro atoms. The van der Waals surface area contributed by atoms with Crippen LogP contribution in [0.4, 0.5) is 0 Å². The highest BCUT2D eigenvalue weighted by Gasteiger charge is 2.10. The SMILES string of the molecule is COc1ccc(C(=O)N/N=C\c2c(OC)ccc3ccccc23)cc1OC. The van der Waals surface area contributed by atoms with E-state index in [0.29, 0.717) is 22.8 Å². The van der Waals surface area contributed by atoms with E-state index in [4.69, 9.17) is 14.2 Å². The first-order valence-corrected chi connectivity index (χ1v) is 8.29. The Kier molecular flexibility index (Phi) is 5.56. The predicted octanol–water partition coefficient (Wildman–Crippen LogP) is 3.63. The Balaban J connectivity index is 1.84. The number of benzene rings is 3. The maximum Gasteiger partial charge on any atom is 0.271 e. The summed E-state index contributed by atoms with van der Waals surface area (Å²) in [5.74, 6) is 1.35. The van der Waals surface area contributed by atoms with Gasteiger partial charge in [-0.05, 0) is 35.0 Å². The average molecular weight is 364 g/mol. The molecule has 0 bridgehead atoms. The third-order valence-corrected chi connectivity index (χ3v) is 4.16. The molecule has 6 heteroatoms. The Labute approximate surface area is 157 Å². The lowest BCUT2D eigenvalue weighted by Crippen LogP contribution is -2.17. The number of ether oxygens (including phenoxy) is 3. The van der Waals surface area contributed by atoms with Crippen molar-refractivity contribution in [3.8, 4) is 17.2 Å². The van der Waals surface area contributed by atoms with Gasteiger partial charge in [0.1, 0.15) is 5.75 Å². The summed E-state index contributed by atoms with van der Waals surface area (Å²) in [5.41, 5.74) is 3.74. The molecule has 0 radical (unpaired) electrons. The van der Waals surface area contributed by atoms with Crippen molar-refractivity contribution in [2.75, 3.05) is 21.3 Å². The first-order valence-electron chi connectivity index (χ1n) is 8.29. The van der Waals surface area contributed by atoms with Crippen molar-refractivity contribution in [1.29, 1.82) is 0 Å². The van der Waals surface area contributed by atoms with Crippen LogP contribution in [-0.2, 0) is 0 Å². The monoisotopic (exact) mass is 364 g/mol. The van der Waals surface area contributed by atoms with Gasteiger partial charge in [0, 0.05) is 11.1 Å². The van der Waals surface area contributed by atoms with Crippen LogP contribution >= 0.6 is 0 Å². The number of carbonyl (C=O) groups is 1. The van der Waals surface area contributed by atoms with Crippen LogP contribution in [0, 0.1) is 0 Å². The van der Waals surface area contributed by atoms with E-state index in [1.165, 1.54) is 7.11 Å². The van der Waals surface area contributed by atoms with Gasteiger partial charge in [0.2, 0.25) is 0 Å². The van der Waals surface area contributed by atoms with Gasteiger partial charge in [-0.2, -0.15) is 5.10 Å². The molecule has 0 unspecified atom stereocenters. The Morgan fingerprint density at radius 2 is 1.59 bits per heavy atom. The highest BCUT2D eigenvalue weighted by Crippen LogP contribution is 2.28. The molecular formula is C21H20N2O4. The molecule has 0 aromatic heterocycles. The van der Waals surface area contributed by atoms with Crippen molar-refractivity contribution in [2.45, 2.75) is 0 Å². The highest BCUT2D eigenvalue weighted by atomic mass is 16.5. The summed E-state index contributed by atoms with van der Waals surface area (Å²) >= 11 is 0. The van der Waals surface area contributed by atoms with Gasteiger partial charge in [0.05, 0.1) is 27.5 Å². The van der Waals surface area contributed by atoms with Crippen molar-refractivity contribution in [2.24, 2.45) is 5.10 Å². The van der Waals surface area contributed by atoms with Crippen molar-refractivity contribution in [3.05, 3.63) is 65.7 Å². The van der Waals surface area contributed by atoms with Gasteiger partial charge in [-0.3, -0.25) is 4.79 Å². The fourth-order valence-electron chi connectivity index (χ4n) is 2.78. The van der Waals surface area contributed by atoms with Crippen molar-refractivity contribution in [1.82, 2.24) is 5.43 Å². The summed E-state index contributed by atoms with van der Waals surface area (Å²) in [7, 11) is 4.66. The first kappa shape index (κ1) is 18.3. The normalized spacial score (nSPS) is 10.8. The molecule has 0 saturated carbocycles. The second-order valence-corrected chi connectivity index (χ2v) is 5.67. The first-order chi connectivity index (χ1) is 13.2. The lowest BCUT2D eigenvalue weighted by atomic mass is 10.0. The average Bonchev–Trinajstić information content (AvgIpc) is 2.73. The van der Waals surface area contributed by atoms with Crippen LogP contribution in [-0.4, -0.2) is 33.5 Å². The van der Waals surface area contributed by atoms with Gasteiger partial charge < -0.3 is 14.2 Å². The minimum absolute atomic E-state index is 0.355. The quantitative estimate of drug-likeness (QED) is 0.536. The zero-order valence-electron chi connectivity index (χ0n) is 15.4. The number of nitrogens with zero attached hydrogens (tertiary/aromatic N) is 1. The zero-order valence-corrected chi connectivity index (χ0v) is 15.4. The smallest absolute Gasteiger partial charge is 0.271 e. The molecule has 27 heavy (non-hydrogen) atoms. The van der Waals surface area contributed by atoms with Crippen LogP contribution in [0.2, 0.25) is 0 Å². The van der Waals surface area contributed by atoms with E-state index in [-0.39, 0.29) is 5.91 Å². The van der Waals surface area contributed by atoms with Crippen LogP contribution in [0.15, 0.2) is 59.7 Å². The topological polar surface area (TPSA) is 69.2 Å². The van der Waals surface area contributed by atoms with Gasteiger partial charge in [-0.1, -0.05) is 30.3 Å². The van der Waals surface area contributed by atoms with Gasteiger partial charge in [-0.25, -0.2) is 5.43 Å². The summed E-state index contributed by atoms with van der Waals surface area (Å²) in [5, 5.41) is 6.15. The van der Waals surface area contributed by atoms with E-state index in [0.717, 1.165) is 16.3 Å². The van der Waals surface area contributed by atoms with E-state index < -0.39 is 0 Å². The number of methoxy groups -OCH3 is 3. The Morgan fingerprint density at radius 3 is 2.33 bits per heavy atom. The lowest BCUT2D eigenvalue weighted by molar-refractivity contribution is 0.0954. The summed E-state index contributed by atoms with van der Waals surface area (Å²) < 4.78 is 15.8. The second kappa shape index (κ2) is 8.23. The largest absolute Gasteiger partial charge is 0.496 e. The van der Waals surface area contributed by atoms with E-state index in [1.807, 2.05) is 36.4 Å². The molecule has 138 valence electrons. The van der Waals surface area contributed by atoms with Gasteiger partial charge in [0.25, 0.3) is 5.91 Å². The third-order valence-electron chi connectivity index (χ3n) is 4.16. The molecule has 3 aromatic carbocycles. The molecule has 1 N–H and O–H groups in total. The predicted molar refractivity (Wildman–Crippen MR) is 105 cm³/mol. The number of hydrogen-bond donors (Lipinski definition) is 1. The van der Waals surface area contributed by atoms with E-state index in [9.17, 15) is 4.79 Å². The number of amides is 1. The molecule has 0 aliphatic rings. The molecule has 0 aliphatic heterocycles. The summed E-state index contributed by atoms with van der Waals surface area (Å²) in [4.78, 5) is 12.4. The van der Waals surface area contributed by atoms with Crippen molar-refractivity contribution in [3.63, 3.8) is 0 Å². The molecule has 1 amide bonds. The molecule has 3 aromatic rings. The fraction of sp³-hybridized carbons (Fsp3) is 0.143. The lowest BCUT2D eigenvalue weighted by Gasteiger charge is -2.09. The maximum atomic E-state index is 12.4. The second-order valence-electron chi connectivity index (χ2n) is 5.67. The minimum Gasteiger partial charge on any atom is -0.496 e. The molecule has 0 heterocycles. The van der Waals surface area contributed by atoms with E-state index >= 15 is 0 Å². The Bertz CT molecular complexity index is 999. The number of carbonyl (C=O) groups excluding carboxylic acids is 1. The van der Waals surface area contributed by atoms with E-state index in [2.05, 4.69) is 10.5 Å². The van der Waals surface area contributed by atoms with Gasteiger partial charge in [-0.15, -0.1) is 0 Å². The van der Waals surface area contributed by atoms with Crippen LogP contribution in [0.5, 0.6) is 17.2 Å². The molecule has 0 aliphatic carbocycles. The number of hydrazone groups is 1. The number of fused-ring (bicyclic) bond motifs is 1. The van der Waals surface area contributed by atoms with E-state index in [1.54, 1.807) is 38.6 Å². The van der Waals surface area contributed by atoms with Crippen LogP contribution < -0.4 is 19.6 Å². The fourth-order valence-corrected chi connectivity index (χ4v) is 2.78. The summed E-state index contributed by atoms with van der Waals surface area (Å²) in [6.45, 7) is 0. The highest BCUT2D eigenvalue weighted by molar-refractivity contribution is 6.03. The molecule has 0 fully saturated rings. The number of hydrogen-bond acceptors (Lipinski definition) is 5. The standard InChI is InChI=1S/C21H20N2O4/c1-25-18-10-8-14-6-4-5-7-16(14)17(18)13-22-23-21(24)15-9-11-19(26-2)20(12-15)27-3/h4-13H,1-3H3,(H,23,24)/b22-13-.